The molecule has 5 heteroatoms. The number of rotatable bonds is 2. The van der Waals surface area contributed by atoms with E-state index < -0.39 is 5.97 Å². The Morgan fingerprint density at radius 1 is 1.17 bits per heavy atom. The molecule has 0 aromatic rings. The second-order valence-corrected chi connectivity index (χ2v) is 5.02. The van der Waals surface area contributed by atoms with E-state index >= 15 is 0 Å². The van der Waals surface area contributed by atoms with Crippen molar-refractivity contribution in [2.45, 2.75) is 33.2 Å². The lowest BCUT2D eigenvalue weighted by molar-refractivity contribution is -0.134. The molecule has 102 valence electrons. The normalized spacial score (nSPS) is 23.3. The predicted octanol–water partition coefficient (Wildman–Crippen LogP) is 0.960. The molecule has 0 aliphatic carbocycles. The molecule has 1 N–H and O–H groups in total. The molecule has 0 bridgehead atoms. The number of carbonyl (C=O) groups excluding carboxylic acids is 1. The highest BCUT2D eigenvalue weighted by Gasteiger charge is 2.26. The highest BCUT2D eigenvalue weighted by Crippen LogP contribution is 2.14. The number of likely N-dealkylation sites (N-methyl/N-ethyl adjacent to an activating group) is 1. The van der Waals surface area contributed by atoms with Crippen LogP contribution in [-0.4, -0.2) is 59.5 Å². The molecule has 1 aliphatic rings. The molecule has 5 nitrogen and oxygen atoms in total. The monoisotopic (exact) mass is 254 g/mol. The summed E-state index contributed by atoms with van der Waals surface area (Å²) in [6.45, 7) is 7.55. The molecule has 1 amide bonds. The van der Waals surface area contributed by atoms with Crippen molar-refractivity contribution in [3.63, 3.8) is 0 Å². The molecule has 1 unspecified atom stereocenters. The summed E-state index contributed by atoms with van der Waals surface area (Å²) in [5.74, 6) is -1.18. The number of nitrogens with zero attached hydrogens (tertiary/aromatic N) is 2. The first kappa shape index (κ1) is 14.7. The van der Waals surface area contributed by atoms with Gasteiger partial charge in [-0.2, -0.15) is 0 Å². The lowest BCUT2D eigenvalue weighted by atomic mass is 10.1. The minimum absolute atomic E-state index is 0.113. The summed E-state index contributed by atoms with van der Waals surface area (Å²) < 4.78 is 0. The van der Waals surface area contributed by atoms with Gasteiger partial charge in [-0.25, -0.2) is 4.79 Å². The summed E-state index contributed by atoms with van der Waals surface area (Å²) in [4.78, 5) is 27.2. The third kappa shape index (κ3) is 3.32. The van der Waals surface area contributed by atoms with Crippen molar-refractivity contribution in [1.29, 1.82) is 0 Å². The van der Waals surface area contributed by atoms with Crippen molar-refractivity contribution in [2.24, 2.45) is 0 Å². The van der Waals surface area contributed by atoms with Crippen LogP contribution in [0.3, 0.4) is 0 Å². The van der Waals surface area contributed by atoms with Gasteiger partial charge in [0.15, 0.2) is 0 Å². The Morgan fingerprint density at radius 2 is 1.78 bits per heavy atom. The van der Waals surface area contributed by atoms with Gasteiger partial charge in [0.05, 0.1) is 0 Å². The Labute approximate surface area is 108 Å². The predicted molar refractivity (Wildman–Crippen MR) is 69.3 cm³/mol. The minimum Gasteiger partial charge on any atom is -0.478 e. The summed E-state index contributed by atoms with van der Waals surface area (Å²) in [6.07, 6.45) is 0.923. The van der Waals surface area contributed by atoms with Crippen molar-refractivity contribution in [3.05, 3.63) is 11.1 Å². The van der Waals surface area contributed by atoms with Crippen molar-refractivity contribution in [1.82, 2.24) is 9.80 Å². The van der Waals surface area contributed by atoms with Crippen molar-refractivity contribution in [2.75, 3.05) is 26.7 Å². The van der Waals surface area contributed by atoms with Crippen molar-refractivity contribution < 1.29 is 14.7 Å². The summed E-state index contributed by atoms with van der Waals surface area (Å²) in [5.41, 5.74) is 0.462. The average molecular weight is 254 g/mol. The van der Waals surface area contributed by atoms with Crippen LogP contribution in [0.15, 0.2) is 11.1 Å². The average Bonchev–Trinajstić information content (AvgIpc) is 2.47. The van der Waals surface area contributed by atoms with Gasteiger partial charge in [-0.3, -0.25) is 4.79 Å². The Hall–Kier alpha value is -1.36. The fraction of sp³-hybridized carbons (Fsp3) is 0.692. The van der Waals surface area contributed by atoms with Crippen LogP contribution in [0, 0.1) is 0 Å². The van der Waals surface area contributed by atoms with E-state index in [2.05, 4.69) is 4.90 Å². The molecule has 1 saturated heterocycles. The Balaban J connectivity index is 2.89. The number of hydrogen-bond acceptors (Lipinski definition) is 3. The minimum atomic E-state index is -1.03. The van der Waals surface area contributed by atoms with Crippen LogP contribution >= 0.6 is 0 Å². The van der Waals surface area contributed by atoms with Gasteiger partial charge in [-0.15, -0.1) is 0 Å². The van der Waals surface area contributed by atoms with E-state index in [4.69, 9.17) is 5.11 Å². The smallest absolute Gasteiger partial charge is 0.331 e. The molecule has 0 saturated carbocycles. The topological polar surface area (TPSA) is 60.9 Å². The van der Waals surface area contributed by atoms with E-state index in [-0.39, 0.29) is 17.5 Å². The van der Waals surface area contributed by atoms with E-state index in [1.54, 1.807) is 11.8 Å². The molecule has 1 atom stereocenters. The van der Waals surface area contributed by atoms with E-state index in [1.165, 1.54) is 6.92 Å². The lowest BCUT2D eigenvalue weighted by Crippen LogP contribution is -2.42. The van der Waals surface area contributed by atoms with Crippen LogP contribution in [0.4, 0.5) is 0 Å². The first-order valence-electron chi connectivity index (χ1n) is 6.25. The van der Waals surface area contributed by atoms with Crippen LogP contribution in [0.1, 0.15) is 27.2 Å². The van der Waals surface area contributed by atoms with Crippen LogP contribution in [0.25, 0.3) is 0 Å². The van der Waals surface area contributed by atoms with E-state index in [0.29, 0.717) is 12.1 Å². The largest absolute Gasteiger partial charge is 0.478 e. The van der Waals surface area contributed by atoms with Gasteiger partial charge in [0.1, 0.15) is 0 Å². The van der Waals surface area contributed by atoms with Crippen LogP contribution in [-0.2, 0) is 9.59 Å². The molecule has 0 spiro atoms. The van der Waals surface area contributed by atoms with Crippen LogP contribution < -0.4 is 0 Å². The van der Waals surface area contributed by atoms with Gasteiger partial charge in [-0.1, -0.05) is 0 Å². The van der Waals surface area contributed by atoms with Gasteiger partial charge < -0.3 is 14.9 Å². The number of carboxylic acid groups (broad SMARTS) is 1. The fourth-order valence-corrected chi connectivity index (χ4v) is 2.21. The zero-order valence-electron chi connectivity index (χ0n) is 11.6. The summed E-state index contributed by atoms with van der Waals surface area (Å²) in [7, 11) is 2.04. The molecular formula is C13H22N2O3. The van der Waals surface area contributed by atoms with Gasteiger partial charge in [0.25, 0.3) is 0 Å². The molecule has 1 fully saturated rings. The Morgan fingerprint density at radius 3 is 2.33 bits per heavy atom. The zero-order valence-corrected chi connectivity index (χ0v) is 11.6. The van der Waals surface area contributed by atoms with Gasteiger partial charge >= 0.3 is 5.97 Å². The van der Waals surface area contributed by atoms with Gasteiger partial charge in [-0.05, 0) is 40.8 Å². The Kier molecular flexibility index (Phi) is 4.90. The molecule has 0 aromatic carbocycles. The molecule has 0 aromatic heterocycles. The number of carboxylic acids is 1. The van der Waals surface area contributed by atoms with Gasteiger partial charge in [0, 0.05) is 30.3 Å². The van der Waals surface area contributed by atoms with Crippen molar-refractivity contribution >= 4 is 11.9 Å². The lowest BCUT2D eigenvalue weighted by Gasteiger charge is -2.28. The highest BCUT2D eigenvalue weighted by atomic mass is 16.4. The third-order valence-corrected chi connectivity index (χ3v) is 3.51. The SMILES string of the molecule is CC(C(=O)O)=C(C)C(=O)N1CCCN(C)CC1C. The molecule has 1 aliphatic heterocycles. The number of hydrogen-bond donors (Lipinski definition) is 1. The first-order valence-corrected chi connectivity index (χ1v) is 6.25. The van der Waals surface area contributed by atoms with Crippen molar-refractivity contribution in [3.8, 4) is 0 Å². The maximum Gasteiger partial charge on any atom is 0.331 e. The summed E-state index contributed by atoms with van der Waals surface area (Å²) in [5, 5.41) is 8.93. The molecular weight excluding hydrogens is 232 g/mol. The van der Waals surface area contributed by atoms with E-state index in [1.807, 2.05) is 14.0 Å². The van der Waals surface area contributed by atoms with E-state index in [9.17, 15) is 9.59 Å². The second kappa shape index (κ2) is 6.00. The molecule has 1 heterocycles. The molecule has 0 radical (unpaired) electrons. The van der Waals surface area contributed by atoms with Crippen LogP contribution in [0.2, 0.25) is 0 Å². The Bertz CT molecular complexity index is 376. The van der Waals surface area contributed by atoms with Gasteiger partial charge in [0.2, 0.25) is 5.91 Å². The highest BCUT2D eigenvalue weighted by molar-refractivity contribution is 6.01. The van der Waals surface area contributed by atoms with Crippen LogP contribution in [0.5, 0.6) is 0 Å². The second-order valence-electron chi connectivity index (χ2n) is 5.02. The molecule has 18 heavy (non-hydrogen) atoms. The summed E-state index contributed by atoms with van der Waals surface area (Å²) in [6, 6.07) is 0.113. The maximum atomic E-state index is 12.3. The number of carbonyl (C=O) groups is 2. The fourth-order valence-electron chi connectivity index (χ4n) is 2.21. The first-order chi connectivity index (χ1) is 8.34. The van der Waals surface area contributed by atoms with E-state index in [0.717, 1.165) is 19.5 Å². The zero-order chi connectivity index (χ0) is 13.9. The standard InChI is InChI=1S/C13H22N2O3/c1-9-8-14(4)6-5-7-15(9)12(16)10(2)11(3)13(17)18/h9H,5-8H2,1-4H3,(H,17,18). The maximum absolute atomic E-state index is 12.3. The molecule has 1 rings (SSSR count). The quantitative estimate of drug-likeness (QED) is 0.746. The number of amides is 1. The summed E-state index contributed by atoms with van der Waals surface area (Å²) >= 11 is 0. The number of aliphatic carboxylic acids is 1. The third-order valence-electron chi connectivity index (χ3n) is 3.51.